The molecule has 1 unspecified atom stereocenters. The van der Waals surface area contributed by atoms with Gasteiger partial charge in [-0.05, 0) is 36.8 Å². The summed E-state index contributed by atoms with van der Waals surface area (Å²) in [4.78, 5) is 12.9. The van der Waals surface area contributed by atoms with E-state index >= 15 is 0 Å². The van der Waals surface area contributed by atoms with Crippen LogP contribution < -0.4 is 11.1 Å². The highest BCUT2D eigenvalue weighted by Crippen LogP contribution is 2.33. The Balaban J connectivity index is 1.62. The largest absolute Gasteiger partial charge is 0.454 e. The average molecular weight is 408 g/mol. The third-order valence-electron chi connectivity index (χ3n) is 4.54. The van der Waals surface area contributed by atoms with Gasteiger partial charge >= 0.3 is 0 Å². The number of benzene rings is 2. The minimum Gasteiger partial charge on any atom is -0.454 e. The van der Waals surface area contributed by atoms with Gasteiger partial charge < -0.3 is 20.0 Å². The Labute approximate surface area is 172 Å². The van der Waals surface area contributed by atoms with Gasteiger partial charge in [0.15, 0.2) is 11.5 Å². The molecule has 0 saturated carbocycles. The molecule has 1 atom stereocenters. The maximum Gasteiger partial charge on any atom is 0.259 e. The number of nitrogens with two attached hydrogens (primary N) is 1. The van der Waals surface area contributed by atoms with Crippen molar-refractivity contribution in [3.63, 3.8) is 0 Å². The Morgan fingerprint density at radius 1 is 1.07 bits per heavy atom. The summed E-state index contributed by atoms with van der Waals surface area (Å²) >= 11 is 6.05. The molecule has 1 amide bonds. The summed E-state index contributed by atoms with van der Waals surface area (Å²) in [6.07, 6.45) is 0. The zero-order chi connectivity index (χ0) is 20.4. The van der Waals surface area contributed by atoms with Gasteiger partial charge in [-0.25, -0.2) is 0 Å². The lowest BCUT2D eigenvalue weighted by atomic mass is 10.1. The fraction of sp³-hybridized carbons (Fsp3) is 0.0909. The van der Waals surface area contributed by atoms with Crippen LogP contribution in [-0.2, 0) is 0 Å². The molecule has 0 saturated heterocycles. The first-order chi connectivity index (χ1) is 14.0. The number of hydrogen-bond acceptors (Lipinski definition) is 5. The van der Waals surface area contributed by atoms with Gasteiger partial charge in [-0.3, -0.25) is 4.79 Å². The highest BCUT2D eigenvalue weighted by Gasteiger charge is 2.26. The van der Waals surface area contributed by atoms with Crippen LogP contribution in [0.1, 0.15) is 28.9 Å². The van der Waals surface area contributed by atoms with Gasteiger partial charge in [-0.2, -0.15) is 0 Å². The second-order valence-electron chi connectivity index (χ2n) is 6.55. The second-order valence-corrected chi connectivity index (χ2v) is 6.99. The molecule has 0 aliphatic carbocycles. The SMILES string of the molecule is CC(NC(=O)c1c(-c2ccc(-c3cccc(Cl)c3)o2)noc1N)c1ccccc1. The van der Waals surface area contributed by atoms with E-state index in [1.807, 2.05) is 49.4 Å². The van der Waals surface area contributed by atoms with Gasteiger partial charge in [0.1, 0.15) is 11.3 Å². The van der Waals surface area contributed by atoms with Crippen molar-refractivity contribution in [2.45, 2.75) is 13.0 Å². The number of carbonyl (C=O) groups excluding carboxylic acids is 1. The predicted molar refractivity (Wildman–Crippen MR) is 111 cm³/mol. The Hall–Kier alpha value is -3.51. The van der Waals surface area contributed by atoms with Crippen molar-refractivity contribution in [2.24, 2.45) is 0 Å². The highest BCUT2D eigenvalue weighted by atomic mass is 35.5. The average Bonchev–Trinajstić information content (AvgIpc) is 3.35. The number of hydrogen-bond donors (Lipinski definition) is 2. The lowest BCUT2D eigenvalue weighted by Gasteiger charge is -2.14. The number of furan rings is 1. The van der Waals surface area contributed by atoms with Crippen LogP contribution in [-0.4, -0.2) is 11.1 Å². The van der Waals surface area contributed by atoms with Crippen LogP contribution in [0.5, 0.6) is 0 Å². The summed E-state index contributed by atoms with van der Waals surface area (Å²) in [7, 11) is 0. The molecule has 0 bridgehead atoms. The number of carbonyl (C=O) groups is 1. The van der Waals surface area contributed by atoms with Crippen LogP contribution in [0.15, 0.2) is 75.7 Å². The van der Waals surface area contributed by atoms with E-state index in [0.717, 1.165) is 11.1 Å². The van der Waals surface area contributed by atoms with Crippen LogP contribution in [0.2, 0.25) is 5.02 Å². The van der Waals surface area contributed by atoms with E-state index in [1.54, 1.807) is 24.3 Å². The van der Waals surface area contributed by atoms with Crippen molar-refractivity contribution in [1.29, 1.82) is 0 Å². The summed E-state index contributed by atoms with van der Waals surface area (Å²) in [6.45, 7) is 1.89. The normalized spacial score (nSPS) is 11.9. The Bertz CT molecular complexity index is 1150. The summed E-state index contributed by atoms with van der Waals surface area (Å²) in [5, 5.41) is 7.45. The Kier molecular flexibility index (Phi) is 5.10. The van der Waals surface area contributed by atoms with Crippen molar-refractivity contribution in [2.75, 3.05) is 5.73 Å². The first-order valence-electron chi connectivity index (χ1n) is 9.00. The summed E-state index contributed by atoms with van der Waals surface area (Å²) < 4.78 is 11.0. The third kappa shape index (κ3) is 3.88. The number of aromatic nitrogens is 1. The van der Waals surface area contributed by atoms with Crippen LogP contribution in [0.4, 0.5) is 5.88 Å². The molecule has 0 spiro atoms. The van der Waals surface area contributed by atoms with E-state index < -0.39 is 5.91 Å². The number of nitrogens with zero attached hydrogens (tertiary/aromatic N) is 1. The lowest BCUT2D eigenvalue weighted by molar-refractivity contribution is 0.0941. The molecule has 0 radical (unpaired) electrons. The zero-order valence-electron chi connectivity index (χ0n) is 15.6. The first kappa shape index (κ1) is 18.8. The van der Waals surface area contributed by atoms with Crippen molar-refractivity contribution < 1.29 is 13.7 Å². The quantitative estimate of drug-likeness (QED) is 0.466. The van der Waals surface area contributed by atoms with Crippen LogP contribution in [0.25, 0.3) is 22.8 Å². The molecule has 4 aromatic rings. The van der Waals surface area contributed by atoms with Gasteiger partial charge in [0.2, 0.25) is 5.88 Å². The lowest BCUT2D eigenvalue weighted by Crippen LogP contribution is -2.27. The molecule has 0 fully saturated rings. The molecule has 146 valence electrons. The number of nitrogen functional groups attached to an aromatic ring is 1. The molecular weight excluding hydrogens is 390 g/mol. The second kappa shape index (κ2) is 7.85. The molecule has 4 rings (SSSR count). The molecule has 29 heavy (non-hydrogen) atoms. The van der Waals surface area contributed by atoms with E-state index in [9.17, 15) is 4.79 Å². The minimum absolute atomic E-state index is 0.0709. The van der Waals surface area contributed by atoms with Crippen molar-refractivity contribution in [3.05, 3.63) is 82.9 Å². The molecule has 2 aromatic carbocycles. The highest BCUT2D eigenvalue weighted by molar-refractivity contribution is 6.30. The topological polar surface area (TPSA) is 94.3 Å². The van der Waals surface area contributed by atoms with Gasteiger partial charge in [0.05, 0.1) is 6.04 Å². The van der Waals surface area contributed by atoms with Gasteiger partial charge in [0, 0.05) is 10.6 Å². The zero-order valence-corrected chi connectivity index (χ0v) is 16.3. The molecular formula is C22H18ClN3O3. The van der Waals surface area contributed by atoms with Crippen molar-refractivity contribution in [3.8, 4) is 22.8 Å². The third-order valence-corrected chi connectivity index (χ3v) is 4.78. The first-order valence-corrected chi connectivity index (χ1v) is 9.38. The number of amides is 1. The number of halogens is 1. The maximum atomic E-state index is 12.9. The fourth-order valence-electron chi connectivity index (χ4n) is 3.05. The molecule has 2 heterocycles. The summed E-state index contributed by atoms with van der Waals surface area (Å²) in [5.74, 6) is 0.500. The van der Waals surface area contributed by atoms with E-state index in [1.165, 1.54) is 0 Å². The van der Waals surface area contributed by atoms with E-state index in [4.69, 9.17) is 26.3 Å². The van der Waals surface area contributed by atoms with Gasteiger partial charge in [-0.15, -0.1) is 0 Å². The Morgan fingerprint density at radius 2 is 1.83 bits per heavy atom. The van der Waals surface area contributed by atoms with E-state index in [-0.39, 0.29) is 23.2 Å². The number of anilines is 1. The van der Waals surface area contributed by atoms with Gasteiger partial charge in [0.25, 0.3) is 5.91 Å². The van der Waals surface area contributed by atoms with Gasteiger partial charge in [-0.1, -0.05) is 59.2 Å². The fourth-order valence-corrected chi connectivity index (χ4v) is 3.24. The minimum atomic E-state index is -0.393. The monoisotopic (exact) mass is 407 g/mol. The summed E-state index contributed by atoms with van der Waals surface area (Å²) in [5.41, 5.74) is 8.05. The van der Waals surface area contributed by atoms with E-state index in [2.05, 4.69) is 10.5 Å². The number of rotatable bonds is 5. The molecule has 2 aromatic heterocycles. The molecule has 6 nitrogen and oxygen atoms in total. The molecule has 3 N–H and O–H groups in total. The van der Waals surface area contributed by atoms with Crippen molar-refractivity contribution in [1.82, 2.24) is 10.5 Å². The van der Waals surface area contributed by atoms with Crippen molar-refractivity contribution >= 4 is 23.4 Å². The maximum absolute atomic E-state index is 12.9. The molecule has 7 heteroatoms. The molecule has 0 aliphatic rings. The summed E-state index contributed by atoms with van der Waals surface area (Å²) in [6, 6.07) is 20.2. The number of nitrogens with one attached hydrogen (secondary N) is 1. The predicted octanol–water partition coefficient (Wildman–Crippen LogP) is 5.33. The van der Waals surface area contributed by atoms with Crippen LogP contribution >= 0.6 is 11.6 Å². The smallest absolute Gasteiger partial charge is 0.259 e. The van der Waals surface area contributed by atoms with Crippen LogP contribution in [0.3, 0.4) is 0 Å². The van der Waals surface area contributed by atoms with E-state index in [0.29, 0.717) is 16.5 Å². The Morgan fingerprint density at radius 3 is 2.59 bits per heavy atom. The molecule has 0 aliphatic heterocycles. The van der Waals surface area contributed by atoms with Crippen LogP contribution in [0, 0.1) is 0 Å². The standard InChI is InChI=1S/C22H18ClN3O3/c1-13(14-6-3-2-4-7-14)25-22(27)19-20(26-29-21(19)24)18-11-10-17(28-18)15-8-5-9-16(23)12-15/h2-13H,24H2,1H3,(H,25,27).